The fraction of sp³-hybridized carbons (Fsp3) is 1.00. The minimum Gasteiger partial charge on any atom is -0.310 e. The molecular weight excluding hydrogens is 177 g/mol. The molecule has 12 heavy (non-hydrogen) atoms. The maximum atomic E-state index is 8.46. The Bertz CT molecular complexity index is 76.3. The number of hydrazine groups is 2. The highest BCUT2D eigenvalue weighted by atomic mass is 31.1. The fourth-order valence-electron chi connectivity index (χ4n) is 0.968. The molecule has 1 aliphatic heterocycles. The first kappa shape index (κ1) is 11.9. The molecule has 5 nitrogen and oxygen atoms in total. The van der Waals surface area contributed by atoms with Crippen LogP contribution in [0.3, 0.4) is 0 Å². The molecule has 1 fully saturated rings. The van der Waals surface area contributed by atoms with Gasteiger partial charge < -0.3 is 4.89 Å². The Morgan fingerprint density at radius 3 is 1.83 bits per heavy atom. The molecule has 0 amide bonds. The summed E-state index contributed by atoms with van der Waals surface area (Å²) in [5.74, 6) is 0. The Balaban J connectivity index is 0.000000354. The van der Waals surface area contributed by atoms with Gasteiger partial charge in [0, 0.05) is 13.1 Å². The summed E-state index contributed by atoms with van der Waals surface area (Å²) >= 11 is 0. The van der Waals surface area contributed by atoms with Gasteiger partial charge in [-0.1, -0.05) is 12.8 Å². The second kappa shape index (κ2) is 10.9. The van der Waals surface area contributed by atoms with Crippen LogP contribution in [-0.4, -0.2) is 18.0 Å². The molecule has 1 saturated heterocycles. The number of rotatable bonds is 0. The van der Waals surface area contributed by atoms with Gasteiger partial charge in [-0.05, 0) is 12.8 Å². The van der Waals surface area contributed by atoms with Gasteiger partial charge in [-0.25, -0.2) is 15.4 Å². The third kappa shape index (κ3) is 9.94. The number of hydrogen-bond donors (Lipinski definition) is 4. The van der Waals surface area contributed by atoms with Gasteiger partial charge in [0.05, 0.1) is 0 Å². The summed E-state index contributed by atoms with van der Waals surface area (Å²) in [7, 11) is -0.833. The Labute approximate surface area is 74.2 Å². The number of nitrogens with one attached hydrogen (secondary N) is 3. The lowest BCUT2D eigenvalue weighted by Crippen LogP contribution is -2.43. The van der Waals surface area contributed by atoms with Crippen molar-refractivity contribution in [2.45, 2.75) is 25.7 Å². The van der Waals surface area contributed by atoms with Gasteiger partial charge in [-0.2, -0.15) is 5.53 Å². The molecule has 0 atom stereocenters. The lowest BCUT2D eigenvalue weighted by Gasteiger charge is -2.03. The zero-order chi connectivity index (χ0) is 9.07. The molecule has 4 N–H and O–H groups in total. The van der Waals surface area contributed by atoms with Gasteiger partial charge in [-0.3, -0.25) is 0 Å². The van der Waals surface area contributed by atoms with Crippen molar-refractivity contribution in [3.05, 3.63) is 0 Å². The molecule has 72 valence electrons. The minimum absolute atomic E-state index is 0.833. The molecule has 1 rings (SSSR count). The van der Waals surface area contributed by atoms with E-state index in [0.717, 1.165) is 13.1 Å². The summed E-state index contributed by atoms with van der Waals surface area (Å²) < 4.78 is 8.46. The first-order chi connectivity index (χ1) is 5.91. The van der Waals surface area contributed by atoms with E-state index in [4.69, 9.17) is 9.46 Å². The molecular formula is C6H16N3O2P. The maximum Gasteiger partial charge on any atom is 0.324 e. The van der Waals surface area contributed by atoms with Crippen molar-refractivity contribution in [3.63, 3.8) is 0 Å². The summed E-state index contributed by atoms with van der Waals surface area (Å²) in [5, 5.41) is 0. The molecule has 0 radical (unpaired) electrons. The van der Waals surface area contributed by atoms with E-state index < -0.39 is 8.69 Å². The molecule has 0 unspecified atom stereocenters. The van der Waals surface area contributed by atoms with E-state index in [0.29, 0.717) is 0 Å². The van der Waals surface area contributed by atoms with Crippen molar-refractivity contribution in [1.29, 1.82) is 0 Å². The summed E-state index contributed by atoms with van der Waals surface area (Å²) in [6, 6.07) is 0. The van der Waals surface area contributed by atoms with Crippen LogP contribution in [0.2, 0.25) is 0 Å². The molecule has 0 aromatic rings. The summed E-state index contributed by atoms with van der Waals surface area (Å²) in [6.45, 7) is 2.15. The van der Waals surface area contributed by atoms with Crippen LogP contribution >= 0.6 is 8.69 Å². The van der Waals surface area contributed by atoms with E-state index in [1.165, 1.54) is 25.7 Å². The highest BCUT2D eigenvalue weighted by Gasteiger charge is 1.92. The van der Waals surface area contributed by atoms with Crippen molar-refractivity contribution in [3.8, 4) is 0 Å². The summed E-state index contributed by atoms with van der Waals surface area (Å²) in [5.41, 5.74) is 9.06. The molecule has 0 aromatic heterocycles. The second-order valence-electron chi connectivity index (χ2n) is 2.47. The quantitative estimate of drug-likeness (QED) is 0.418. The van der Waals surface area contributed by atoms with E-state index in [1.807, 2.05) is 0 Å². The first-order valence-corrected chi connectivity index (χ1v) is 4.85. The molecule has 1 heterocycles. The van der Waals surface area contributed by atoms with Crippen molar-refractivity contribution in [2.24, 2.45) is 0 Å². The predicted molar refractivity (Wildman–Crippen MR) is 47.4 cm³/mol. The zero-order valence-corrected chi connectivity index (χ0v) is 7.94. The Morgan fingerprint density at radius 1 is 1.00 bits per heavy atom. The molecule has 1 aliphatic rings. The van der Waals surface area contributed by atoms with Gasteiger partial charge in [-0.15, -0.1) is 0 Å². The van der Waals surface area contributed by atoms with Crippen LogP contribution < -0.4 is 16.4 Å². The third-order valence-electron chi connectivity index (χ3n) is 1.53. The van der Waals surface area contributed by atoms with Crippen LogP contribution in [0.4, 0.5) is 0 Å². The van der Waals surface area contributed by atoms with E-state index >= 15 is 0 Å². The molecule has 0 spiro atoms. The van der Waals surface area contributed by atoms with Crippen LogP contribution in [0.15, 0.2) is 0 Å². The van der Waals surface area contributed by atoms with Crippen LogP contribution in [0.5, 0.6) is 0 Å². The van der Waals surface area contributed by atoms with Gasteiger partial charge in [0.15, 0.2) is 0 Å². The highest BCUT2D eigenvalue weighted by molar-refractivity contribution is 7.16. The normalized spacial score (nSPS) is 19.8. The van der Waals surface area contributed by atoms with Crippen molar-refractivity contribution in [1.82, 2.24) is 16.4 Å². The van der Waals surface area contributed by atoms with E-state index in [2.05, 4.69) is 16.4 Å². The van der Waals surface area contributed by atoms with E-state index in [1.54, 1.807) is 0 Å². The van der Waals surface area contributed by atoms with Crippen LogP contribution in [0.25, 0.3) is 0 Å². The number of hydrogen-bond acceptors (Lipinski definition) is 4. The van der Waals surface area contributed by atoms with Gasteiger partial charge >= 0.3 is 8.69 Å². The lowest BCUT2D eigenvalue weighted by atomic mass is 10.2. The molecule has 0 aromatic carbocycles. The lowest BCUT2D eigenvalue weighted by molar-refractivity contribution is 0.442. The topological polar surface area (TPSA) is 73.4 Å². The van der Waals surface area contributed by atoms with Crippen LogP contribution in [-0.2, 0) is 4.57 Å². The van der Waals surface area contributed by atoms with E-state index in [9.17, 15) is 0 Å². The minimum atomic E-state index is -0.833. The standard InChI is InChI=1S/C6H15N3.HO2P/c1-2-4-6-8-9-7-5-3-1;1-3-2/h7-9H,1-6H2;(H,1,2). The van der Waals surface area contributed by atoms with E-state index in [-0.39, 0.29) is 0 Å². The smallest absolute Gasteiger partial charge is 0.310 e. The molecule has 6 heteroatoms. The zero-order valence-electron chi connectivity index (χ0n) is 7.05. The third-order valence-corrected chi connectivity index (χ3v) is 1.53. The maximum absolute atomic E-state index is 8.46. The van der Waals surface area contributed by atoms with Crippen molar-refractivity contribution < 1.29 is 9.46 Å². The summed E-state index contributed by atoms with van der Waals surface area (Å²) in [6.07, 6.45) is 5.29. The molecule has 0 bridgehead atoms. The van der Waals surface area contributed by atoms with Crippen molar-refractivity contribution in [2.75, 3.05) is 13.1 Å². The molecule has 0 aliphatic carbocycles. The average molecular weight is 193 g/mol. The van der Waals surface area contributed by atoms with Crippen LogP contribution in [0.1, 0.15) is 25.7 Å². The monoisotopic (exact) mass is 193 g/mol. The van der Waals surface area contributed by atoms with Gasteiger partial charge in [0.2, 0.25) is 0 Å². The first-order valence-electron chi connectivity index (χ1n) is 4.09. The van der Waals surface area contributed by atoms with Crippen LogP contribution in [0, 0.1) is 0 Å². The second-order valence-corrected chi connectivity index (χ2v) is 2.64. The average Bonchev–Trinajstić information content (AvgIpc) is 2.19. The van der Waals surface area contributed by atoms with Gasteiger partial charge in [0.25, 0.3) is 0 Å². The fourth-order valence-corrected chi connectivity index (χ4v) is 0.968. The SMILES string of the molecule is C1CCCNNNCC1.O=PO. The highest BCUT2D eigenvalue weighted by Crippen LogP contribution is 1.97. The summed E-state index contributed by atoms with van der Waals surface area (Å²) in [4.78, 5) is 6.99. The Hall–Kier alpha value is -0.0600. The van der Waals surface area contributed by atoms with Gasteiger partial charge in [0.1, 0.15) is 0 Å². The largest absolute Gasteiger partial charge is 0.324 e. The van der Waals surface area contributed by atoms with Crippen molar-refractivity contribution >= 4 is 8.69 Å². The Kier molecular flexibility index (Phi) is 10.9. The Morgan fingerprint density at radius 2 is 1.42 bits per heavy atom. The predicted octanol–water partition coefficient (Wildman–Crippen LogP) is 0.345. The molecule has 0 saturated carbocycles.